The maximum Gasteiger partial charge on any atom is 0.210 e. The van der Waals surface area contributed by atoms with Gasteiger partial charge in [-0.15, -0.1) is 20.4 Å². The highest BCUT2D eigenvalue weighted by Crippen LogP contribution is 2.31. The van der Waals surface area contributed by atoms with Gasteiger partial charge in [-0.25, -0.2) is 0 Å². The molecular weight excluding hydrogens is 481 g/mol. The second-order valence-electron chi connectivity index (χ2n) is 6.74. The van der Waals surface area contributed by atoms with Crippen molar-refractivity contribution in [1.82, 2.24) is 20.4 Å². The molecule has 0 amide bonds. The molecule has 4 rings (SSSR count). The van der Waals surface area contributed by atoms with Crippen molar-refractivity contribution >= 4 is 73.6 Å². The van der Waals surface area contributed by atoms with E-state index >= 15 is 0 Å². The lowest BCUT2D eigenvalue weighted by Crippen LogP contribution is -2.04. The Balaban J connectivity index is 1.22. The number of ketones is 1. The van der Waals surface area contributed by atoms with Crippen LogP contribution in [0.4, 0.5) is 21.6 Å². The van der Waals surface area contributed by atoms with Crippen LogP contribution in [0.25, 0.3) is 0 Å². The molecule has 0 aliphatic rings. The Labute approximate surface area is 202 Å². The Bertz CT molecular complexity index is 1120. The van der Waals surface area contributed by atoms with Gasteiger partial charge < -0.3 is 10.6 Å². The standard InChI is InChI=1S/C21H20N6OS4/c1-13-7-3-5-9-16(13)22-18-24-26-20(31-18)29-11-15(28)12-30-21-27-25-19(32-21)23-17-10-6-4-8-14(17)2/h3-10H,11-12H2,1-2H3,(H,22,24)(H,23,25). The first kappa shape index (κ1) is 22.7. The number of Topliss-reactive ketones (excluding diaryl/α,β-unsaturated/α-hetero) is 1. The first-order valence-corrected chi connectivity index (χ1v) is 13.3. The highest BCUT2D eigenvalue weighted by molar-refractivity contribution is 8.03. The summed E-state index contributed by atoms with van der Waals surface area (Å²) in [6, 6.07) is 16.0. The van der Waals surface area contributed by atoms with Gasteiger partial charge in [-0.3, -0.25) is 4.79 Å². The smallest absolute Gasteiger partial charge is 0.210 e. The molecule has 0 saturated carbocycles. The van der Waals surface area contributed by atoms with Crippen LogP contribution in [0, 0.1) is 13.8 Å². The fourth-order valence-electron chi connectivity index (χ4n) is 2.62. The van der Waals surface area contributed by atoms with E-state index in [1.54, 1.807) is 0 Å². The van der Waals surface area contributed by atoms with Crippen LogP contribution in [0.3, 0.4) is 0 Å². The quantitative estimate of drug-likeness (QED) is 0.256. The summed E-state index contributed by atoms with van der Waals surface area (Å²) in [7, 11) is 0. The number of anilines is 4. The zero-order valence-electron chi connectivity index (χ0n) is 17.4. The number of carbonyl (C=O) groups excluding carboxylic acids is 1. The van der Waals surface area contributed by atoms with E-state index in [1.807, 2.05) is 62.4 Å². The van der Waals surface area contributed by atoms with Crippen molar-refractivity contribution in [2.45, 2.75) is 22.5 Å². The molecule has 0 radical (unpaired) electrons. The zero-order valence-corrected chi connectivity index (χ0v) is 20.6. The third-order valence-electron chi connectivity index (χ3n) is 4.30. The van der Waals surface area contributed by atoms with E-state index in [0.717, 1.165) is 31.2 Å². The first-order chi connectivity index (χ1) is 15.6. The van der Waals surface area contributed by atoms with E-state index < -0.39 is 0 Å². The predicted octanol–water partition coefficient (Wildman–Crippen LogP) is 5.95. The summed E-state index contributed by atoms with van der Waals surface area (Å²) in [6.45, 7) is 4.07. The Kier molecular flexibility index (Phi) is 7.74. The number of benzene rings is 2. The van der Waals surface area contributed by atoms with E-state index in [-0.39, 0.29) is 5.78 Å². The van der Waals surface area contributed by atoms with Gasteiger partial charge in [0.1, 0.15) is 0 Å². The molecule has 7 nitrogen and oxygen atoms in total. The molecule has 4 aromatic rings. The normalized spacial score (nSPS) is 10.8. The second-order valence-corrected chi connectivity index (χ2v) is 11.1. The number of nitrogens with one attached hydrogen (secondary N) is 2. The van der Waals surface area contributed by atoms with Gasteiger partial charge in [-0.2, -0.15) is 0 Å². The minimum Gasteiger partial charge on any atom is -0.330 e. The monoisotopic (exact) mass is 500 g/mol. The lowest BCUT2D eigenvalue weighted by molar-refractivity contribution is -0.114. The van der Waals surface area contributed by atoms with Crippen molar-refractivity contribution < 1.29 is 4.79 Å². The fourth-order valence-corrected chi connectivity index (χ4v) is 6.00. The third kappa shape index (κ3) is 6.28. The van der Waals surface area contributed by atoms with Crippen molar-refractivity contribution in [3.05, 3.63) is 59.7 Å². The molecule has 164 valence electrons. The van der Waals surface area contributed by atoms with Crippen molar-refractivity contribution in [1.29, 1.82) is 0 Å². The topological polar surface area (TPSA) is 92.7 Å². The van der Waals surface area contributed by atoms with E-state index in [0.29, 0.717) is 21.8 Å². The molecule has 2 heterocycles. The van der Waals surface area contributed by atoms with Gasteiger partial charge in [0.05, 0.1) is 11.5 Å². The van der Waals surface area contributed by atoms with Crippen LogP contribution in [0.15, 0.2) is 57.2 Å². The largest absolute Gasteiger partial charge is 0.330 e. The Morgan fingerprint density at radius 2 is 1.19 bits per heavy atom. The molecule has 11 heteroatoms. The lowest BCUT2D eigenvalue weighted by atomic mass is 10.2. The number of thioether (sulfide) groups is 2. The van der Waals surface area contributed by atoms with Crippen LogP contribution < -0.4 is 10.6 Å². The van der Waals surface area contributed by atoms with Crippen LogP contribution in [0.1, 0.15) is 11.1 Å². The lowest BCUT2D eigenvalue weighted by Gasteiger charge is -2.04. The summed E-state index contributed by atoms with van der Waals surface area (Å²) >= 11 is 5.69. The maximum atomic E-state index is 12.3. The van der Waals surface area contributed by atoms with E-state index in [4.69, 9.17) is 0 Å². The molecule has 0 saturated heterocycles. The average Bonchev–Trinajstić information content (AvgIpc) is 3.43. The number of hydrogen-bond acceptors (Lipinski definition) is 11. The molecule has 32 heavy (non-hydrogen) atoms. The van der Waals surface area contributed by atoms with Crippen molar-refractivity contribution in [3.8, 4) is 0 Å². The molecule has 0 unspecified atom stereocenters. The van der Waals surface area contributed by atoms with Gasteiger partial charge in [0.25, 0.3) is 0 Å². The van der Waals surface area contributed by atoms with Gasteiger partial charge in [-0.1, -0.05) is 82.6 Å². The highest BCUT2D eigenvalue weighted by Gasteiger charge is 2.12. The van der Waals surface area contributed by atoms with Crippen LogP contribution in [-0.2, 0) is 4.79 Å². The number of carbonyl (C=O) groups is 1. The van der Waals surface area contributed by atoms with Crippen molar-refractivity contribution in [2.75, 3.05) is 22.1 Å². The summed E-state index contributed by atoms with van der Waals surface area (Å²) in [5.74, 6) is 0.810. The molecule has 0 fully saturated rings. The highest BCUT2D eigenvalue weighted by atomic mass is 32.2. The molecule has 0 bridgehead atoms. The minimum absolute atomic E-state index is 0.118. The van der Waals surface area contributed by atoms with Gasteiger partial charge in [0, 0.05) is 11.4 Å². The summed E-state index contributed by atoms with van der Waals surface area (Å²) in [5, 5.41) is 24.6. The number of aryl methyl sites for hydroxylation is 2. The van der Waals surface area contributed by atoms with Crippen molar-refractivity contribution in [2.24, 2.45) is 0 Å². The molecule has 0 aliphatic carbocycles. The zero-order chi connectivity index (χ0) is 22.3. The number of rotatable bonds is 10. The molecule has 2 aromatic carbocycles. The molecule has 2 aromatic heterocycles. The Morgan fingerprint density at radius 3 is 1.62 bits per heavy atom. The Morgan fingerprint density at radius 1 is 0.750 bits per heavy atom. The second kappa shape index (κ2) is 10.9. The minimum atomic E-state index is 0.118. The van der Waals surface area contributed by atoms with Crippen LogP contribution in [-0.4, -0.2) is 37.7 Å². The SMILES string of the molecule is Cc1ccccc1Nc1nnc(SCC(=O)CSc2nnc(Nc3ccccc3C)s2)s1. The fraction of sp³-hybridized carbons (Fsp3) is 0.190. The van der Waals surface area contributed by atoms with Gasteiger partial charge in [0.15, 0.2) is 14.5 Å². The number of hydrogen-bond donors (Lipinski definition) is 2. The summed E-state index contributed by atoms with van der Waals surface area (Å²) in [4.78, 5) is 12.3. The third-order valence-corrected chi connectivity index (χ3v) is 8.36. The number of aromatic nitrogens is 4. The number of para-hydroxylation sites is 2. The predicted molar refractivity (Wildman–Crippen MR) is 135 cm³/mol. The molecule has 2 N–H and O–H groups in total. The van der Waals surface area contributed by atoms with Crippen LogP contribution in [0.2, 0.25) is 0 Å². The van der Waals surface area contributed by atoms with E-state index in [1.165, 1.54) is 46.2 Å². The average molecular weight is 501 g/mol. The van der Waals surface area contributed by atoms with E-state index in [9.17, 15) is 4.79 Å². The molecule has 0 spiro atoms. The maximum absolute atomic E-state index is 12.3. The van der Waals surface area contributed by atoms with Gasteiger partial charge in [-0.05, 0) is 37.1 Å². The Hall–Kier alpha value is -2.47. The molecule has 0 atom stereocenters. The first-order valence-electron chi connectivity index (χ1n) is 9.66. The molecule has 0 aliphatic heterocycles. The van der Waals surface area contributed by atoms with Crippen molar-refractivity contribution in [3.63, 3.8) is 0 Å². The van der Waals surface area contributed by atoms with Crippen LogP contribution >= 0.6 is 46.2 Å². The molecular formula is C21H20N6OS4. The van der Waals surface area contributed by atoms with E-state index in [2.05, 4.69) is 31.0 Å². The van der Waals surface area contributed by atoms with Gasteiger partial charge >= 0.3 is 0 Å². The summed E-state index contributed by atoms with van der Waals surface area (Å²) in [5.41, 5.74) is 4.28. The summed E-state index contributed by atoms with van der Waals surface area (Å²) in [6.07, 6.45) is 0. The van der Waals surface area contributed by atoms with Crippen LogP contribution in [0.5, 0.6) is 0 Å². The van der Waals surface area contributed by atoms with Gasteiger partial charge in [0.2, 0.25) is 10.3 Å². The summed E-state index contributed by atoms with van der Waals surface area (Å²) < 4.78 is 1.53. The number of nitrogens with zero attached hydrogens (tertiary/aromatic N) is 4.